The minimum Gasteiger partial charge on any atom is -0.381 e. The van der Waals surface area contributed by atoms with E-state index < -0.39 is 17.0 Å². The molecule has 19 heavy (non-hydrogen) atoms. The van der Waals surface area contributed by atoms with E-state index in [1.807, 2.05) is 0 Å². The minimum absolute atomic E-state index is 0.136. The maximum absolute atomic E-state index is 13.3. The van der Waals surface area contributed by atoms with Gasteiger partial charge in [0, 0.05) is 19.3 Å². The van der Waals surface area contributed by atoms with E-state index in [2.05, 4.69) is 6.07 Å². The standard InChI is InChI=1S/C15H15F2NO/c16-12-5-11(6-13(17)7-12)15(10-18)8-14(9-15)1-3-19-4-2-14/h5-7H,1-4,8-9H2. The molecular weight excluding hydrogens is 248 g/mol. The van der Waals surface area contributed by atoms with Gasteiger partial charge in [0.15, 0.2) is 0 Å². The molecule has 0 N–H and O–H groups in total. The number of nitrogens with zero attached hydrogens (tertiary/aromatic N) is 1. The molecule has 0 amide bonds. The second-order valence-electron chi connectivity index (χ2n) is 5.82. The van der Waals surface area contributed by atoms with E-state index >= 15 is 0 Å². The molecule has 0 unspecified atom stereocenters. The first kappa shape index (κ1) is 12.6. The van der Waals surface area contributed by atoms with Gasteiger partial charge >= 0.3 is 0 Å². The van der Waals surface area contributed by atoms with Gasteiger partial charge in [-0.2, -0.15) is 5.26 Å². The zero-order chi connectivity index (χ0) is 13.5. The van der Waals surface area contributed by atoms with Crippen molar-refractivity contribution < 1.29 is 13.5 Å². The second kappa shape index (κ2) is 4.28. The lowest BCUT2D eigenvalue weighted by atomic mass is 9.48. The predicted molar refractivity (Wildman–Crippen MR) is 65.4 cm³/mol. The van der Waals surface area contributed by atoms with Crippen molar-refractivity contribution in [3.63, 3.8) is 0 Å². The van der Waals surface area contributed by atoms with Crippen LogP contribution >= 0.6 is 0 Å². The fourth-order valence-electron chi connectivity index (χ4n) is 3.56. The zero-order valence-corrected chi connectivity index (χ0v) is 10.6. The van der Waals surface area contributed by atoms with Crippen LogP contribution in [-0.4, -0.2) is 13.2 Å². The molecular formula is C15H15F2NO. The molecule has 2 fully saturated rings. The smallest absolute Gasteiger partial charge is 0.126 e. The summed E-state index contributed by atoms with van der Waals surface area (Å²) < 4.78 is 32.0. The van der Waals surface area contributed by atoms with Gasteiger partial charge in [0.2, 0.25) is 0 Å². The van der Waals surface area contributed by atoms with E-state index in [9.17, 15) is 14.0 Å². The van der Waals surface area contributed by atoms with Crippen molar-refractivity contribution in [3.05, 3.63) is 35.4 Å². The van der Waals surface area contributed by atoms with Crippen LogP contribution in [0, 0.1) is 28.4 Å². The topological polar surface area (TPSA) is 33.0 Å². The SMILES string of the molecule is N#CC1(c2cc(F)cc(F)c2)CC2(CCOCC2)C1. The number of hydrogen-bond donors (Lipinski definition) is 0. The number of benzene rings is 1. The highest BCUT2D eigenvalue weighted by Gasteiger charge is 2.56. The van der Waals surface area contributed by atoms with Crippen molar-refractivity contribution in [2.24, 2.45) is 5.41 Å². The Morgan fingerprint density at radius 3 is 2.16 bits per heavy atom. The van der Waals surface area contributed by atoms with Gasteiger partial charge < -0.3 is 4.74 Å². The zero-order valence-electron chi connectivity index (χ0n) is 10.6. The van der Waals surface area contributed by atoms with Crippen LogP contribution in [0.5, 0.6) is 0 Å². The summed E-state index contributed by atoms with van der Waals surface area (Å²) in [6.45, 7) is 1.44. The normalized spacial score (nSPS) is 23.6. The fourth-order valence-corrected chi connectivity index (χ4v) is 3.56. The van der Waals surface area contributed by atoms with Gasteiger partial charge in [-0.15, -0.1) is 0 Å². The monoisotopic (exact) mass is 263 g/mol. The summed E-state index contributed by atoms with van der Waals surface area (Å²) >= 11 is 0. The van der Waals surface area contributed by atoms with E-state index in [1.165, 1.54) is 12.1 Å². The third-order valence-corrected chi connectivity index (χ3v) is 4.54. The quantitative estimate of drug-likeness (QED) is 0.778. The summed E-state index contributed by atoms with van der Waals surface area (Å²) in [5.41, 5.74) is -0.110. The van der Waals surface area contributed by atoms with E-state index in [1.54, 1.807) is 0 Å². The van der Waals surface area contributed by atoms with Gasteiger partial charge in [-0.05, 0) is 48.8 Å². The van der Waals surface area contributed by atoms with Crippen molar-refractivity contribution >= 4 is 0 Å². The highest BCUT2D eigenvalue weighted by Crippen LogP contribution is 2.60. The molecule has 1 aliphatic heterocycles. The summed E-state index contributed by atoms with van der Waals surface area (Å²) in [6, 6.07) is 5.71. The first-order valence-corrected chi connectivity index (χ1v) is 6.53. The van der Waals surface area contributed by atoms with Crippen molar-refractivity contribution in [2.45, 2.75) is 31.1 Å². The molecule has 1 aliphatic carbocycles. The molecule has 0 atom stereocenters. The van der Waals surface area contributed by atoms with Crippen LogP contribution < -0.4 is 0 Å². The Labute approximate surface area is 111 Å². The van der Waals surface area contributed by atoms with Crippen LogP contribution in [0.2, 0.25) is 0 Å². The number of rotatable bonds is 1. The van der Waals surface area contributed by atoms with Crippen LogP contribution in [-0.2, 0) is 10.2 Å². The van der Waals surface area contributed by atoms with Gasteiger partial charge in [0.25, 0.3) is 0 Å². The van der Waals surface area contributed by atoms with Gasteiger partial charge in [-0.25, -0.2) is 8.78 Å². The number of ether oxygens (including phenoxy) is 1. The highest BCUT2D eigenvalue weighted by atomic mass is 19.1. The molecule has 0 radical (unpaired) electrons. The minimum atomic E-state index is -0.722. The molecule has 1 saturated carbocycles. The van der Waals surface area contributed by atoms with Gasteiger partial charge in [-0.3, -0.25) is 0 Å². The largest absolute Gasteiger partial charge is 0.381 e. The highest BCUT2D eigenvalue weighted by molar-refractivity contribution is 5.38. The molecule has 3 rings (SSSR count). The van der Waals surface area contributed by atoms with Crippen molar-refractivity contribution in [3.8, 4) is 6.07 Å². The summed E-state index contributed by atoms with van der Waals surface area (Å²) in [5, 5.41) is 9.46. The van der Waals surface area contributed by atoms with Crippen LogP contribution in [0.25, 0.3) is 0 Å². The van der Waals surface area contributed by atoms with Crippen LogP contribution in [0.3, 0.4) is 0 Å². The van der Waals surface area contributed by atoms with Crippen molar-refractivity contribution in [1.29, 1.82) is 5.26 Å². The average molecular weight is 263 g/mol. The van der Waals surface area contributed by atoms with Crippen LogP contribution in [0.4, 0.5) is 8.78 Å². The Morgan fingerprint density at radius 2 is 1.63 bits per heavy atom. The van der Waals surface area contributed by atoms with E-state index in [0.717, 1.165) is 32.1 Å². The summed E-state index contributed by atoms with van der Waals surface area (Å²) in [4.78, 5) is 0. The maximum Gasteiger partial charge on any atom is 0.126 e. The van der Waals surface area contributed by atoms with E-state index in [0.29, 0.717) is 18.4 Å². The molecule has 1 saturated heterocycles. The molecule has 0 aromatic heterocycles. The Bertz CT molecular complexity index is 515. The van der Waals surface area contributed by atoms with E-state index in [-0.39, 0.29) is 5.41 Å². The summed E-state index contributed by atoms with van der Waals surface area (Å²) in [5.74, 6) is -1.23. The van der Waals surface area contributed by atoms with E-state index in [4.69, 9.17) is 4.74 Å². The molecule has 2 aliphatic rings. The Morgan fingerprint density at radius 1 is 1.05 bits per heavy atom. The Kier molecular flexibility index (Phi) is 2.83. The lowest BCUT2D eigenvalue weighted by Crippen LogP contribution is -2.51. The molecule has 1 spiro atoms. The van der Waals surface area contributed by atoms with Crippen LogP contribution in [0.1, 0.15) is 31.2 Å². The maximum atomic E-state index is 13.3. The average Bonchev–Trinajstić information content (AvgIpc) is 2.35. The third kappa shape index (κ3) is 2.02. The van der Waals surface area contributed by atoms with Gasteiger partial charge in [0.05, 0.1) is 11.5 Å². The molecule has 4 heteroatoms. The third-order valence-electron chi connectivity index (χ3n) is 4.54. The van der Waals surface area contributed by atoms with Crippen LogP contribution in [0.15, 0.2) is 18.2 Å². The number of nitriles is 1. The lowest BCUT2D eigenvalue weighted by molar-refractivity contribution is -0.0579. The Balaban J connectivity index is 1.88. The van der Waals surface area contributed by atoms with Crippen molar-refractivity contribution in [1.82, 2.24) is 0 Å². The molecule has 1 aromatic carbocycles. The first-order valence-electron chi connectivity index (χ1n) is 6.53. The Hall–Kier alpha value is -1.47. The fraction of sp³-hybridized carbons (Fsp3) is 0.533. The van der Waals surface area contributed by atoms with Crippen molar-refractivity contribution in [2.75, 3.05) is 13.2 Å². The molecule has 100 valence electrons. The summed E-state index contributed by atoms with van der Waals surface area (Å²) in [6.07, 6.45) is 3.24. The molecule has 1 aromatic rings. The van der Waals surface area contributed by atoms with Gasteiger partial charge in [0.1, 0.15) is 11.6 Å². The molecule has 2 nitrogen and oxygen atoms in total. The predicted octanol–water partition coefficient (Wildman–Crippen LogP) is 3.32. The summed E-state index contributed by atoms with van der Waals surface area (Å²) in [7, 11) is 0. The number of hydrogen-bond acceptors (Lipinski definition) is 2. The molecule has 1 heterocycles. The first-order chi connectivity index (χ1) is 9.07. The number of halogens is 2. The lowest BCUT2D eigenvalue weighted by Gasteiger charge is -2.54. The molecule has 0 bridgehead atoms. The second-order valence-corrected chi connectivity index (χ2v) is 5.82. The van der Waals surface area contributed by atoms with Gasteiger partial charge in [-0.1, -0.05) is 0 Å².